The smallest absolute Gasteiger partial charge is 0.251 e. The monoisotopic (exact) mass is 274 g/mol. The maximum Gasteiger partial charge on any atom is 0.251 e. The van der Waals surface area contributed by atoms with Crippen molar-refractivity contribution < 1.29 is 0 Å². The molecule has 2 aromatic rings. The third-order valence-corrected chi connectivity index (χ3v) is 3.44. The number of H-pyrrole nitrogens is 1. The summed E-state index contributed by atoms with van der Waals surface area (Å²) in [6.07, 6.45) is 0. The van der Waals surface area contributed by atoms with Crippen molar-refractivity contribution in [2.75, 3.05) is 0 Å². The van der Waals surface area contributed by atoms with Gasteiger partial charge in [0.15, 0.2) is 5.16 Å². The lowest BCUT2D eigenvalue weighted by Crippen LogP contribution is -2.13. The van der Waals surface area contributed by atoms with Crippen LogP contribution in [0.4, 0.5) is 0 Å². The summed E-state index contributed by atoms with van der Waals surface area (Å²) in [5.74, 6) is 0.00111. The fraction of sp³-hybridized carbons (Fsp3) is 0.154. The highest BCUT2D eigenvalue weighted by atomic mass is 32.2. The number of nitrogen functional groups attached to an aromatic ring is 1. The molecule has 0 atom stereocenters. The second kappa shape index (κ2) is 5.27. The summed E-state index contributed by atoms with van der Waals surface area (Å²) >= 11 is 1.29. The first-order chi connectivity index (χ1) is 8.95. The van der Waals surface area contributed by atoms with E-state index < -0.39 is 0 Å². The molecular formula is C13H14N4OS. The Labute approximate surface area is 114 Å². The number of benzene rings is 1. The topological polar surface area (TPSA) is 95.6 Å². The van der Waals surface area contributed by atoms with E-state index in [1.54, 1.807) is 6.92 Å². The van der Waals surface area contributed by atoms with E-state index in [1.807, 2.05) is 25.1 Å². The van der Waals surface area contributed by atoms with Crippen molar-refractivity contribution in [3.05, 3.63) is 51.4 Å². The molecule has 0 radical (unpaired) electrons. The van der Waals surface area contributed by atoms with Crippen LogP contribution in [0.15, 0.2) is 39.1 Å². The van der Waals surface area contributed by atoms with Crippen LogP contribution in [0.3, 0.4) is 0 Å². The van der Waals surface area contributed by atoms with Gasteiger partial charge in [-0.1, -0.05) is 23.4 Å². The van der Waals surface area contributed by atoms with Gasteiger partial charge in [-0.25, -0.2) is 4.98 Å². The summed E-state index contributed by atoms with van der Waals surface area (Å²) in [6, 6.07) is 7.09. The van der Waals surface area contributed by atoms with Crippen LogP contribution in [-0.4, -0.2) is 15.8 Å². The van der Waals surface area contributed by atoms with Crippen LogP contribution >= 0.6 is 11.8 Å². The predicted octanol–water partition coefficient (Wildman–Crippen LogP) is 1.82. The highest BCUT2D eigenvalue weighted by Gasteiger charge is 2.09. The minimum absolute atomic E-state index is 0.00111. The van der Waals surface area contributed by atoms with Gasteiger partial charge in [0.2, 0.25) is 0 Å². The van der Waals surface area contributed by atoms with Crippen LogP contribution in [0, 0.1) is 19.3 Å². The Morgan fingerprint density at radius 2 is 2.11 bits per heavy atom. The molecule has 1 aromatic carbocycles. The van der Waals surface area contributed by atoms with E-state index in [1.165, 1.54) is 17.8 Å². The Hall–Kier alpha value is -2.08. The first-order valence-corrected chi connectivity index (χ1v) is 6.48. The van der Waals surface area contributed by atoms with Crippen molar-refractivity contribution in [1.29, 1.82) is 5.41 Å². The van der Waals surface area contributed by atoms with E-state index in [-0.39, 0.29) is 11.4 Å². The molecule has 1 aromatic heterocycles. The van der Waals surface area contributed by atoms with E-state index >= 15 is 0 Å². The molecule has 1 heterocycles. The lowest BCUT2D eigenvalue weighted by molar-refractivity contribution is 0.905. The average Bonchev–Trinajstić information content (AvgIpc) is 2.30. The van der Waals surface area contributed by atoms with Crippen molar-refractivity contribution in [3.8, 4) is 0 Å². The molecule has 4 N–H and O–H groups in total. The summed E-state index contributed by atoms with van der Waals surface area (Å²) in [4.78, 5) is 19.1. The quantitative estimate of drug-likeness (QED) is 0.452. The fourth-order valence-corrected chi connectivity index (χ4v) is 2.61. The SMILES string of the molecule is Cc1ccc(Sc2nc(C)cc(=O)[nH]2)c(C(=N)N)c1. The van der Waals surface area contributed by atoms with Crippen molar-refractivity contribution >= 4 is 17.6 Å². The lowest BCUT2D eigenvalue weighted by Gasteiger charge is -2.08. The van der Waals surface area contributed by atoms with Crippen molar-refractivity contribution in [2.45, 2.75) is 23.9 Å². The largest absolute Gasteiger partial charge is 0.384 e. The van der Waals surface area contributed by atoms with Gasteiger partial charge in [-0.3, -0.25) is 10.2 Å². The number of aromatic nitrogens is 2. The third kappa shape index (κ3) is 3.23. The van der Waals surface area contributed by atoms with Crippen LogP contribution in [0.5, 0.6) is 0 Å². The second-order valence-corrected chi connectivity index (χ2v) is 5.24. The standard InChI is InChI=1S/C13H14N4OS/c1-7-3-4-10(9(5-7)12(14)15)19-13-16-8(2)6-11(18)17-13/h3-6H,1-2H3,(H3,14,15)(H,16,17,18). The molecule has 0 aliphatic carbocycles. The predicted molar refractivity (Wildman–Crippen MR) is 75.9 cm³/mol. The van der Waals surface area contributed by atoms with Gasteiger partial charge in [0, 0.05) is 22.2 Å². The Kier molecular flexibility index (Phi) is 3.71. The number of nitrogens with one attached hydrogen (secondary N) is 2. The number of aryl methyl sites for hydroxylation is 2. The molecule has 0 amide bonds. The summed E-state index contributed by atoms with van der Waals surface area (Å²) in [7, 11) is 0. The van der Waals surface area contributed by atoms with Crippen LogP contribution in [0.2, 0.25) is 0 Å². The van der Waals surface area contributed by atoms with Gasteiger partial charge in [-0.05, 0) is 26.0 Å². The van der Waals surface area contributed by atoms with Gasteiger partial charge in [0.25, 0.3) is 5.56 Å². The number of amidine groups is 1. The zero-order chi connectivity index (χ0) is 14.0. The van der Waals surface area contributed by atoms with E-state index in [0.29, 0.717) is 16.4 Å². The Morgan fingerprint density at radius 3 is 2.74 bits per heavy atom. The van der Waals surface area contributed by atoms with Crippen LogP contribution in [0.25, 0.3) is 0 Å². The number of nitrogens with zero attached hydrogens (tertiary/aromatic N) is 1. The normalized spacial score (nSPS) is 10.4. The van der Waals surface area contributed by atoms with Gasteiger partial charge >= 0.3 is 0 Å². The summed E-state index contributed by atoms with van der Waals surface area (Å²) in [5.41, 5.74) is 7.72. The molecule has 0 aliphatic heterocycles. The van der Waals surface area contributed by atoms with E-state index in [9.17, 15) is 4.79 Å². The molecule has 0 aliphatic rings. The fourth-order valence-electron chi connectivity index (χ4n) is 1.65. The van der Waals surface area contributed by atoms with E-state index in [2.05, 4.69) is 9.97 Å². The number of rotatable bonds is 3. The molecule has 0 spiro atoms. The average molecular weight is 274 g/mol. The summed E-state index contributed by atoms with van der Waals surface area (Å²) in [5, 5.41) is 8.09. The number of hydrogen-bond acceptors (Lipinski definition) is 4. The Balaban J connectivity index is 2.43. The maximum atomic E-state index is 11.4. The van der Waals surface area contributed by atoms with E-state index in [0.717, 1.165) is 10.5 Å². The van der Waals surface area contributed by atoms with Gasteiger partial charge in [-0.2, -0.15) is 0 Å². The highest BCUT2D eigenvalue weighted by molar-refractivity contribution is 7.99. The lowest BCUT2D eigenvalue weighted by atomic mass is 10.1. The minimum atomic E-state index is -0.188. The Morgan fingerprint density at radius 1 is 1.37 bits per heavy atom. The molecule has 0 saturated heterocycles. The summed E-state index contributed by atoms with van der Waals surface area (Å²) < 4.78 is 0. The summed E-state index contributed by atoms with van der Waals surface area (Å²) in [6.45, 7) is 3.70. The second-order valence-electron chi connectivity index (χ2n) is 4.21. The first kappa shape index (κ1) is 13.4. The molecule has 98 valence electrons. The zero-order valence-corrected chi connectivity index (χ0v) is 11.5. The third-order valence-electron chi connectivity index (χ3n) is 2.48. The maximum absolute atomic E-state index is 11.4. The van der Waals surface area contributed by atoms with Gasteiger partial charge in [0.1, 0.15) is 5.84 Å². The molecule has 0 unspecified atom stereocenters. The molecule has 0 bridgehead atoms. The van der Waals surface area contributed by atoms with Crippen molar-refractivity contribution in [1.82, 2.24) is 9.97 Å². The molecule has 6 heteroatoms. The number of aromatic amines is 1. The van der Waals surface area contributed by atoms with Gasteiger partial charge < -0.3 is 10.7 Å². The van der Waals surface area contributed by atoms with Gasteiger partial charge in [0.05, 0.1) is 0 Å². The minimum Gasteiger partial charge on any atom is -0.384 e. The molecule has 19 heavy (non-hydrogen) atoms. The van der Waals surface area contributed by atoms with Crippen LogP contribution < -0.4 is 11.3 Å². The first-order valence-electron chi connectivity index (χ1n) is 5.66. The molecule has 0 fully saturated rings. The molecule has 5 nitrogen and oxygen atoms in total. The van der Waals surface area contributed by atoms with Crippen LogP contribution in [0.1, 0.15) is 16.8 Å². The van der Waals surface area contributed by atoms with Crippen molar-refractivity contribution in [3.63, 3.8) is 0 Å². The van der Waals surface area contributed by atoms with Crippen LogP contribution in [-0.2, 0) is 0 Å². The highest BCUT2D eigenvalue weighted by Crippen LogP contribution is 2.28. The van der Waals surface area contributed by atoms with Gasteiger partial charge in [-0.15, -0.1) is 0 Å². The molecule has 0 saturated carbocycles. The van der Waals surface area contributed by atoms with E-state index in [4.69, 9.17) is 11.1 Å². The van der Waals surface area contributed by atoms with Crippen molar-refractivity contribution in [2.24, 2.45) is 5.73 Å². The number of nitrogens with two attached hydrogens (primary N) is 1. The molecule has 2 rings (SSSR count). The zero-order valence-electron chi connectivity index (χ0n) is 10.7. The molecular weight excluding hydrogens is 260 g/mol. The number of hydrogen-bond donors (Lipinski definition) is 3. The Bertz CT molecular complexity index is 693.